The summed E-state index contributed by atoms with van der Waals surface area (Å²) in [6.45, 7) is 3.37. The van der Waals surface area contributed by atoms with Crippen molar-refractivity contribution in [2.45, 2.75) is 25.8 Å². The molecule has 0 aliphatic heterocycles. The van der Waals surface area contributed by atoms with E-state index in [1.807, 2.05) is 0 Å². The van der Waals surface area contributed by atoms with Gasteiger partial charge in [0.1, 0.15) is 0 Å². The highest BCUT2D eigenvalue weighted by Gasteiger charge is 2.29. The van der Waals surface area contributed by atoms with E-state index in [4.69, 9.17) is 17.3 Å². The van der Waals surface area contributed by atoms with Crippen LogP contribution in [0.1, 0.15) is 19.8 Å². The second-order valence-corrected chi connectivity index (χ2v) is 4.99. The van der Waals surface area contributed by atoms with Gasteiger partial charge in [-0.1, -0.05) is 18.5 Å². The number of rotatable bonds is 5. The molecule has 1 amide bonds. The molecular weight excluding hydrogens is 250 g/mol. The molecule has 5 heteroatoms. The largest absolute Gasteiger partial charge is 0.399 e. The molecule has 1 aromatic carbocycles. The Morgan fingerprint density at radius 1 is 1.56 bits per heavy atom. The highest BCUT2D eigenvalue weighted by atomic mass is 35.5. The maximum absolute atomic E-state index is 11.9. The highest BCUT2D eigenvalue weighted by molar-refractivity contribution is 6.33. The van der Waals surface area contributed by atoms with Gasteiger partial charge >= 0.3 is 0 Å². The molecular formula is C13H18ClN3O. The first-order valence-electron chi connectivity index (χ1n) is 6.19. The fraction of sp³-hybridized carbons (Fsp3) is 0.462. The first-order chi connectivity index (χ1) is 8.60. The van der Waals surface area contributed by atoms with Crippen LogP contribution < -0.4 is 11.1 Å². The molecule has 2 rings (SSSR count). The molecule has 1 aliphatic carbocycles. The quantitative estimate of drug-likeness (QED) is 0.805. The lowest BCUT2D eigenvalue weighted by atomic mass is 10.3. The van der Waals surface area contributed by atoms with Gasteiger partial charge in [-0.05, 0) is 37.6 Å². The minimum atomic E-state index is -0.0451. The third-order valence-corrected chi connectivity index (χ3v) is 3.41. The van der Waals surface area contributed by atoms with Gasteiger partial charge < -0.3 is 11.1 Å². The van der Waals surface area contributed by atoms with Crippen molar-refractivity contribution in [1.82, 2.24) is 4.90 Å². The number of carbonyl (C=O) groups excluding carboxylic acids is 1. The topological polar surface area (TPSA) is 58.4 Å². The molecule has 0 radical (unpaired) electrons. The SMILES string of the molecule is CCN(CC(=O)Nc1cc(N)ccc1Cl)C1CC1. The van der Waals surface area contributed by atoms with Gasteiger partial charge in [-0.3, -0.25) is 9.69 Å². The number of anilines is 2. The lowest BCUT2D eigenvalue weighted by molar-refractivity contribution is -0.117. The fourth-order valence-electron chi connectivity index (χ4n) is 1.95. The molecule has 0 heterocycles. The van der Waals surface area contributed by atoms with Gasteiger partial charge in [-0.2, -0.15) is 0 Å². The van der Waals surface area contributed by atoms with Gasteiger partial charge in [0.05, 0.1) is 17.3 Å². The summed E-state index contributed by atoms with van der Waals surface area (Å²) >= 11 is 6.00. The molecule has 0 saturated heterocycles. The van der Waals surface area contributed by atoms with Crippen molar-refractivity contribution in [3.63, 3.8) is 0 Å². The van der Waals surface area contributed by atoms with Crippen molar-refractivity contribution in [3.8, 4) is 0 Å². The van der Waals surface area contributed by atoms with E-state index in [1.165, 1.54) is 12.8 Å². The third-order valence-electron chi connectivity index (χ3n) is 3.08. The number of nitrogens with one attached hydrogen (secondary N) is 1. The standard InChI is InChI=1S/C13H18ClN3O/c1-2-17(10-4-5-10)8-13(18)16-12-7-9(15)3-6-11(12)14/h3,6-7,10H,2,4-5,8,15H2,1H3,(H,16,18). The van der Waals surface area contributed by atoms with Crippen LogP contribution in [0.15, 0.2) is 18.2 Å². The fourth-order valence-corrected chi connectivity index (χ4v) is 2.12. The summed E-state index contributed by atoms with van der Waals surface area (Å²) in [6, 6.07) is 5.65. The van der Waals surface area contributed by atoms with E-state index < -0.39 is 0 Å². The first-order valence-corrected chi connectivity index (χ1v) is 6.57. The number of hydrogen-bond donors (Lipinski definition) is 2. The molecule has 0 aromatic heterocycles. The lowest BCUT2D eigenvalue weighted by Gasteiger charge is -2.19. The Labute approximate surface area is 112 Å². The van der Waals surface area contributed by atoms with Crippen molar-refractivity contribution in [1.29, 1.82) is 0 Å². The van der Waals surface area contributed by atoms with Gasteiger partial charge in [0.25, 0.3) is 0 Å². The molecule has 18 heavy (non-hydrogen) atoms. The summed E-state index contributed by atoms with van der Waals surface area (Å²) in [5, 5.41) is 3.31. The number of likely N-dealkylation sites (N-methyl/N-ethyl adjacent to an activating group) is 1. The van der Waals surface area contributed by atoms with Crippen LogP contribution in [0.2, 0.25) is 5.02 Å². The number of hydrogen-bond acceptors (Lipinski definition) is 3. The van der Waals surface area contributed by atoms with Crippen LogP contribution in [-0.4, -0.2) is 29.9 Å². The Bertz CT molecular complexity index is 446. The van der Waals surface area contributed by atoms with Crippen molar-refractivity contribution in [3.05, 3.63) is 23.2 Å². The Balaban J connectivity index is 1.95. The number of carbonyl (C=O) groups is 1. The van der Waals surface area contributed by atoms with Crippen molar-refractivity contribution >= 4 is 28.9 Å². The number of amides is 1. The van der Waals surface area contributed by atoms with Crippen LogP contribution in [0.4, 0.5) is 11.4 Å². The summed E-state index contributed by atoms with van der Waals surface area (Å²) < 4.78 is 0. The van der Waals surface area contributed by atoms with Gasteiger partial charge in [0.2, 0.25) is 5.91 Å². The number of nitrogens with two attached hydrogens (primary N) is 1. The summed E-state index contributed by atoms with van der Waals surface area (Å²) in [7, 11) is 0. The van der Waals surface area contributed by atoms with Crippen LogP contribution >= 0.6 is 11.6 Å². The Kier molecular flexibility index (Phi) is 4.09. The summed E-state index contributed by atoms with van der Waals surface area (Å²) in [5.41, 5.74) is 6.83. The average molecular weight is 268 g/mol. The van der Waals surface area contributed by atoms with E-state index in [2.05, 4.69) is 17.1 Å². The van der Waals surface area contributed by atoms with Crippen LogP contribution in [0.25, 0.3) is 0 Å². The number of nitrogens with zero attached hydrogens (tertiary/aromatic N) is 1. The molecule has 1 aliphatic rings. The predicted octanol–water partition coefficient (Wildman–Crippen LogP) is 2.34. The molecule has 1 fully saturated rings. The van der Waals surface area contributed by atoms with E-state index in [-0.39, 0.29) is 5.91 Å². The van der Waals surface area contributed by atoms with Crippen LogP contribution in [0, 0.1) is 0 Å². The van der Waals surface area contributed by atoms with Crippen molar-refractivity contribution < 1.29 is 4.79 Å². The number of benzene rings is 1. The first kappa shape index (κ1) is 13.2. The molecule has 0 bridgehead atoms. The van der Waals surface area contributed by atoms with Crippen LogP contribution in [0.5, 0.6) is 0 Å². The predicted molar refractivity (Wildman–Crippen MR) is 74.8 cm³/mol. The molecule has 0 spiro atoms. The van der Waals surface area contributed by atoms with E-state index in [0.29, 0.717) is 29.0 Å². The summed E-state index contributed by atoms with van der Waals surface area (Å²) in [4.78, 5) is 14.1. The molecule has 1 aromatic rings. The molecule has 4 nitrogen and oxygen atoms in total. The van der Waals surface area contributed by atoms with Gasteiger partial charge in [-0.15, -0.1) is 0 Å². The zero-order valence-electron chi connectivity index (χ0n) is 10.4. The summed E-state index contributed by atoms with van der Waals surface area (Å²) in [6.07, 6.45) is 2.39. The van der Waals surface area contributed by atoms with Gasteiger partial charge in [0, 0.05) is 11.7 Å². The molecule has 0 atom stereocenters. The van der Waals surface area contributed by atoms with E-state index in [0.717, 1.165) is 6.54 Å². The number of nitrogen functional groups attached to an aromatic ring is 1. The minimum Gasteiger partial charge on any atom is -0.399 e. The number of halogens is 1. The lowest BCUT2D eigenvalue weighted by Crippen LogP contribution is -2.34. The van der Waals surface area contributed by atoms with Gasteiger partial charge in [0.15, 0.2) is 0 Å². The molecule has 0 unspecified atom stereocenters. The molecule has 3 N–H and O–H groups in total. The minimum absolute atomic E-state index is 0.0451. The van der Waals surface area contributed by atoms with E-state index in [9.17, 15) is 4.79 Å². The van der Waals surface area contributed by atoms with Crippen molar-refractivity contribution in [2.24, 2.45) is 0 Å². The van der Waals surface area contributed by atoms with Crippen LogP contribution in [0.3, 0.4) is 0 Å². The maximum Gasteiger partial charge on any atom is 0.238 e. The average Bonchev–Trinajstić information content (AvgIpc) is 3.15. The zero-order valence-corrected chi connectivity index (χ0v) is 11.2. The van der Waals surface area contributed by atoms with Crippen molar-refractivity contribution in [2.75, 3.05) is 24.1 Å². The normalized spacial score (nSPS) is 14.8. The van der Waals surface area contributed by atoms with E-state index >= 15 is 0 Å². The smallest absolute Gasteiger partial charge is 0.238 e. The monoisotopic (exact) mass is 267 g/mol. The Morgan fingerprint density at radius 2 is 2.28 bits per heavy atom. The Morgan fingerprint density at radius 3 is 2.89 bits per heavy atom. The summed E-state index contributed by atoms with van der Waals surface area (Å²) in [5.74, 6) is -0.0451. The maximum atomic E-state index is 11.9. The van der Waals surface area contributed by atoms with E-state index in [1.54, 1.807) is 18.2 Å². The van der Waals surface area contributed by atoms with Crippen LogP contribution in [-0.2, 0) is 4.79 Å². The Hall–Kier alpha value is -1.26. The third kappa shape index (κ3) is 3.37. The highest BCUT2D eigenvalue weighted by Crippen LogP contribution is 2.27. The second-order valence-electron chi connectivity index (χ2n) is 4.58. The zero-order chi connectivity index (χ0) is 13.1. The molecule has 1 saturated carbocycles. The molecule has 98 valence electrons. The second kappa shape index (κ2) is 5.59. The van der Waals surface area contributed by atoms with Gasteiger partial charge in [-0.25, -0.2) is 0 Å².